The maximum Gasteiger partial charge on any atom is 0.352 e. The number of benzene rings is 1. The zero-order chi connectivity index (χ0) is 17.6. The highest BCUT2D eigenvalue weighted by atomic mass is 32.2. The van der Waals surface area contributed by atoms with Crippen LogP contribution in [0.3, 0.4) is 0 Å². The second-order valence-corrected chi connectivity index (χ2v) is 7.09. The third-order valence-corrected chi connectivity index (χ3v) is 4.99. The Balaban J connectivity index is 2.11. The summed E-state index contributed by atoms with van der Waals surface area (Å²) in [5.41, 5.74) is 2.62. The molecule has 0 radical (unpaired) electrons. The Kier molecular flexibility index (Phi) is 3.39. The van der Waals surface area contributed by atoms with Crippen LogP contribution in [0, 0.1) is 0 Å². The molecule has 1 aromatic heterocycles. The summed E-state index contributed by atoms with van der Waals surface area (Å²) < 4.78 is 29.1. The van der Waals surface area contributed by atoms with E-state index in [1.807, 2.05) is 18.2 Å². The second-order valence-electron chi connectivity index (χ2n) is 5.57. The Labute approximate surface area is 142 Å². The summed E-state index contributed by atoms with van der Waals surface area (Å²) in [4.78, 5) is 11.6. The van der Waals surface area contributed by atoms with Crippen molar-refractivity contribution in [2.75, 3.05) is 6.54 Å². The van der Waals surface area contributed by atoms with Gasteiger partial charge >= 0.3 is 5.97 Å². The van der Waals surface area contributed by atoms with Gasteiger partial charge in [-0.05, 0) is 6.07 Å². The molecule has 25 heavy (non-hydrogen) atoms. The highest BCUT2D eigenvalue weighted by Gasteiger charge is 2.22. The number of allylic oxidation sites excluding steroid dienone is 2. The van der Waals surface area contributed by atoms with Crippen LogP contribution in [-0.4, -0.2) is 36.8 Å². The smallest absolute Gasteiger partial charge is 0.352 e. The molecule has 0 saturated carbocycles. The van der Waals surface area contributed by atoms with Gasteiger partial charge in [0.2, 0.25) is 0 Å². The molecule has 4 rings (SSSR count). The Morgan fingerprint density at radius 2 is 2.12 bits per heavy atom. The fourth-order valence-electron chi connectivity index (χ4n) is 3.01. The molecular formula is C16H12N4O4S. The lowest BCUT2D eigenvalue weighted by Crippen LogP contribution is -2.08. The van der Waals surface area contributed by atoms with Crippen molar-refractivity contribution in [1.29, 1.82) is 0 Å². The van der Waals surface area contributed by atoms with Crippen LogP contribution in [0.15, 0.2) is 56.1 Å². The van der Waals surface area contributed by atoms with Crippen LogP contribution in [-0.2, 0) is 16.6 Å². The van der Waals surface area contributed by atoms with E-state index in [-0.39, 0.29) is 18.8 Å². The number of aromatic carboxylic acids is 1. The molecule has 2 aromatic rings. The highest BCUT2D eigenvalue weighted by molar-refractivity contribution is 7.93. The van der Waals surface area contributed by atoms with Gasteiger partial charge in [0, 0.05) is 23.1 Å². The van der Waals surface area contributed by atoms with E-state index in [1.165, 1.54) is 12.3 Å². The maximum absolute atomic E-state index is 12.0. The van der Waals surface area contributed by atoms with Crippen molar-refractivity contribution < 1.29 is 18.3 Å². The van der Waals surface area contributed by atoms with Crippen LogP contribution >= 0.6 is 0 Å². The fourth-order valence-corrected chi connectivity index (χ4v) is 3.66. The van der Waals surface area contributed by atoms with Crippen molar-refractivity contribution in [2.24, 2.45) is 14.6 Å². The normalized spacial score (nSPS) is 19.7. The molecular weight excluding hydrogens is 344 g/mol. The molecule has 2 aliphatic rings. The van der Waals surface area contributed by atoms with Gasteiger partial charge in [0.1, 0.15) is 11.4 Å². The standard InChI is InChI=1S/C16H12N4O4S/c21-16(22)14-7-10-3-1-4-11-12-8-17-19-13(12)9-18-25(23,24)6-2-5-20(14)15(10)11/h1-4,6-7,9H,5,8H2,(H,21,22)/b6-2-,18-9?. The highest BCUT2D eigenvalue weighted by Crippen LogP contribution is 2.33. The topological polar surface area (TPSA) is 113 Å². The van der Waals surface area contributed by atoms with Crippen LogP contribution in [0.25, 0.3) is 16.5 Å². The molecule has 9 heteroatoms. The number of fused-ring (bicyclic) bond motifs is 1. The van der Waals surface area contributed by atoms with E-state index in [0.717, 1.165) is 16.4 Å². The van der Waals surface area contributed by atoms with Gasteiger partial charge < -0.3 is 9.67 Å². The molecule has 0 saturated heterocycles. The van der Waals surface area contributed by atoms with Gasteiger partial charge in [0.05, 0.1) is 23.7 Å². The largest absolute Gasteiger partial charge is 0.477 e. The summed E-state index contributed by atoms with van der Waals surface area (Å²) in [5, 5.41) is 19.2. The summed E-state index contributed by atoms with van der Waals surface area (Å²) in [5.74, 6) is -1.08. The first-order valence-corrected chi connectivity index (χ1v) is 8.90. The number of aromatic nitrogens is 1. The number of hydrogen-bond donors (Lipinski definition) is 1. The molecule has 8 nitrogen and oxygen atoms in total. The van der Waals surface area contributed by atoms with Gasteiger partial charge in [-0.2, -0.15) is 23.0 Å². The van der Waals surface area contributed by atoms with E-state index < -0.39 is 16.0 Å². The van der Waals surface area contributed by atoms with E-state index in [2.05, 4.69) is 14.6 Å². The Bertz CT molecular complexity index is 1140. The number of sulfonamides is 1. The monoisotopic (exact) mass is 356 g/mol. The molecule has 3 heterocycles. The molecule has 2 aliphatic heterocycles. The summed E-state index contributed by atoms with van der Waals surface area (Å²) in [6.45, 7) is 0.370. The number of para-hydroxylation sites is 1. The predicted molar refractivity (Wildman–Crippen MR) is 92.1 cm³/mol. The van der Waals surface area contributed by atoms with Crippen LogP contribution in [0.1, 0.15) is 16.1 Å². The summed E-state index contributed by atoms with van der Waals surface area (Å²) in [6.07, 6.45) is 2.56. The van der Waals surface area contributed by atoms with E-state index in [4.69, 9.17) is 0 Å². The molecule has 126 valence electrons. The van der Waals surface area contributed by atoms with Crippen LogP contribution in [0.5, 0.6) is 0 Å². The third-order valence-electron chi connectivity index (χ3n) is 4.06. The SMILES string of the molecule is O=C(O)c1cc2cccc3c2n1C/C=C\S(=O)(=O)N=CC1=C3CN=N1. The number of carboxylic acids is 1. The zero-order valence-corrected chi connectivity index (χ0v) is 13.6. The number of carboxylic acid groups (broad SMARTS) is 1. The predicted octanol–water partition coefficient (Wildman–Crippen LogP) is 2.44. The number of hydrogen-bond acceptors (Lipinski definition) is 5. The average molecular weight is 356 g/mol. The summed E-state index contributed by atoms with van der Waals surface area (Å²) in [7, 11) is -3.82. The van der Waals surface area contributed by atoms with Gasteiger partial charge in [-0.25, -0.2) is 4.79 Å². The lowest BCUT2D eigenvalue weighted by Gasteiger charge is -2.10. The van der Waals surface area contributed by atoms with E-state index in [9.17, 15) is 18.3 Å². The minimum atomic E-state index is -3.82. The van der Waals surface area contributed by atoms with Crippen LogP contribution < -0.4 is 0 Å². The van der Waals surface area contributed by atoms with Crippen molar-refractivity contribution >= 4 is 38.7 Å². The Morgan fingerprint density at radius 1 is 1.28 bits per heavy atom. The van der Waals surface area contributed by atoms with Crippen LogP contribution in [0.4, 0.5) is 0 Å². The molecule has 0 atom stereocenters. The van der Waals surface area contributed by atoms with Gasteiger partial charge in [-0.15, -0.1) is 0 Å². The molecule has 0 bridgehead atoms. The lowest BCUT2D eigenvalue weighted by atomic mass is 10.0. The number of carbonyl (C=O) groups is 1. The average Bonchev–Trinajstić information content (AvgIpc) is 3.16. The van der Waals surface area contributed by atoms with Crippen LogP contribution in [0.2, 0.25) is 0 Å². The maximum atomic E-state index is 12.0. The molecule has 0 unspecified atom stereocenters. The van der Waals surface area contributed by atoms with Crippen molar-refractivity contribution in [3.8, 4) is 0 Å². The zero-order valence-electron chi connectivity index (χ0n) is 12.8. The summed E-state index contributed by atoms with van der Waals surface area (Å²) >= 11 is 0. The quantitative estimate of drug-likeness (QED) is 0.845. The van der Waals surface area contributed by atoms with Crippen molar-refractivity contribution in [1.82, 2.24) is 4.57 Å². The summed E-state index contributed by atoms with van der Waals surface area (Å²) in [6, 6.07) is 7.06. The van der Waals surface area contributed by atoms with Gasteiger partial charge in [0.15, 0.2) is 0 Å². The molecule has 1 aromatic carbocycles. The second kappa shape index (κ2) is 5.49. The number of rotatable bonds is 1. The first kappa shape index (κ1) is 15.5. The van der Waals surface area contributed by atoms with Crippen molar-refractivity contribution in [2.45, 2.75) is 6.54 Å². The molecule has 0 aliphatic carbocycles. The van der Waals surface area contributed by atoms with Gasteiger partial charge in [-0.1, -0.05) is 24.3 Å². The van der Waals surface area contributed by atoms with Gasteiger partial charge in [0.25, 0.3) is 10.0 Å². The van der Waals surface area contributed by atoms with E-state index >= 15 is 0 Å². The third kappa shape index (κ3) is 2.58. The molecule has 0 fully saturated rings. The first-order valence-electron chi connectivity index (χ1n) is 7.40. The van der Waals surface area contributed by atoms with E-state index in [1.54, 1.807) is 10.6 Å². The first-order chi connectivity index (χ1) is 12.0. The van der Waals surface area contributed by atoms with Crippen molar-refractivity contribution in [3.05, 3.63) is 52.7 Å². The molecule has 0 spiro atoms. The number of nitrogens with zero attached hydrogens (tertiary/aromatic N) is 4. The van der Waals surface area contributed by atoms with Gasteiger partial charge in [-0.3, -0.25) is 0 Å². The molecule has 0 amide bonds. The minimum absolute atomic E-state index is 0.0821. The fraction of sp³-hybridized carbons (Fsp3) is 0.125. The number of azo groups is 1. The lowest BCUT2D eigenvalue weighted by molar-refractivity contribution is 0.0686. The Morgan fingerprint density at radius 3 is 2.92 bits per heavy atom. The molecule has 1 N–H and O–H groups in total. The minimum Gasteiger partial charge on any atom is -0.477 e. The van der Waals surface area contributed by atoms with E-state index in [0.29, 0.717) is 16.8 Å². The Hall–Kier alpha value is -3.07. The van der Waals surface area contributed by atoms with Crippen molar-refractivity contribution in [3.63, 3.8) is 0 Å².